The molecule has 1 aromatic rings. The second-order valence-corrected chi connectivity index (χ2v) is 7.95. The summed E-state index contributed by atoms with van der Waals surface area (Å²) in [5.74, 6) is 1.64. The smallest absolute Gasteiger partial charge is 0.243 e. The molecule has 0 aromatic heterocycles. The van der Waals surface area contributed by atoms with Crippen molar-refractivity contribution < 1.29 is 17.9 Å². The van der Waals surface area contributed by atoms with Gasteiger partial charge in [0.1, 0.15) is 0 Å². The Hall–Kier alpha value is -1.27. The fourth-order valence-corrected chi connectivity index (χ4v) is 4.38. The van der Waals surface area contributed by atoms with Gasteiger partial charge in [0.2, 0.25) is 10.0 Å². The minimum atomic E-state index is -3.52. The molecule has 6 heteroatoms. The molecule has 2 rings (SSSR count). The zero-order valence-corrected chi connectivity index (χ0v) is 14.5. The summed E-state index contributed by atoms with van der Waals surface area (Å²) in [4.78, 5) is 0.242. The first-order valence-corrected chi connectivity index (χ1v) is 9.04. The maximum absolute atomic E-state index is 12.8. The van der Waals surface area contributed by atoms with Crippen LogP contribution in [0.4, 0.5) is 0 Å². The van der Waals surface area contributed by atoms with Gasteiger partial charge in [0, 0.05) is 19.2 Å². The Morgan fingerprint density at radius 1 is 1.05 bits per heavy atom. The molecule has 0 heterocycles. The van der Waals surface area contributed by atoms with E-state index in [9.17, 15) is 8.42 Å². The van der Waals surface area contributed by atoms with Crippen molar-refractivity contribution in [3.8, 4) is 11.5 Å². The molecule has 0 saturated heterocycles. The summed E-state index contributed by atoms with van der Waals surface area (Å²) < 4.78 is 37.5. The van der Waals surface area contributed by atoms with Crippen LogP contribution >= 0.6 is 0 Å². The molecule has 1 aliphatic carbocycles. The topological polar surface area (TPSA) is 55.8 Å². The van der Waals surface area contributed by atoms with Gasteiger partial charge in [-0.25, -0.2) is 8.42 Å². The molecule has 1 aliphatic rings. The number of benzene rings is 1. The third-order valence-corrected chi connectivity index (χ3v) is 6.44. The highest BCUT2D eigenvalue weighted by atomic mass is 32.2. The molecule has 0 bridgehead atoms. The summed E-state index contributed by atoms with van der Waals surface area (Å²) in [6, 6.07) is 4.80. The van der Waals surface area contributed by atoms with Gasteiger partial charge in [0.05, 0.1) is 19.1 Å². The fraction of sp³-hybridized carbons (Fsp3) is 0.625. The van der Waals surface area contributed by atoms with Gasteiger partial charge < -0.3 is 9.47 Å². The van der Waals surface area contributed by atoms with Crippen LogP contribution in [0.2, 0.25) is 0 Å². The van der Waals surface area contributed by atoms with Crippen LogP contribution in [0.1, 0.15) is 32.6 Å². The summed E-state index contributed by atoms with van der Waals surface area (Å²) >= 11 is 0. The van der Waals surface area contributed by atoms with Gasteiger partial charge in [-0.1, -0.05) is 6.92 Å². The van der Waals surface area contributed by atoms with Crippen molar-refractivity contribution in [1.82, 2.24) is 4.31 Å². The number of nitrogens with zero attached hydrogens (tertiary/aromatic N) is 1. The summed E-state index contributed by atoms with van der Waals surface area (Å²) in [6.07, 6.45) is 4.00. The van der Waals surface area contributed by atoms with Crippen molar-refractivity contribution in [1.29, 1.82) is 0 Å². The molecule has 0 amide bonds. The van der Waals surface area contributed by atoms with Crippen LogP contribution in [0.3, 0.4) is 0 Å². The van der Waals surface area contributed by atoms with Gasteiger partial charge in [0.15, 0.2) is 11.5 Å². The van der Waals surface area contributed by atoms with Crippen molar-refractivity contribution in [2.24, 2.45) is 5.92 Å². The lowest BCUT2D eigenvalue weighted by Crippen LogP contribution is -2.39. The van der Waals surface area contributed by atoms with E-state index < -0.39 is 10.0 Å². The van der Waals surface area contributed by atoms with E-state index in [1.54, 1.807) is 19.2 Å². The minimum Gasteiger partial charge on any atom is -0.493 e. The van der Waals surface area contributed by atoms with Crippen molar-refractivity contribution in [3.63, 3.8) is 0 Å². The summed E-state index contributed by atoms with van der Waals surface area (Å²) in [5.41, 5.74) is 0. The van der Waals surface area contributed by atoms with Crippen LogP contribution in [0, 0.1) is 5.92 Å². The monoisotopic (exact) mass is 327 g/mol. The van der Waals surface area contributed by atoms with E-state index in [0.29, 0.717) is 17.4 Å². The molecule has 0 radical (unpaired) electrons. The van der Waals surface area contributed by atoms with Gasteiger partial charge in [-0.3, -0.25) is 0 Å². The van der Waals surface area contributed by atoms with E-state index in [1.165, 1.54) is 24.6 Å². The fourth-order valence-electron chi connectivity index (χ4n) is 2.95. The van der Waals surface area contributed by atoms with E-state index in [4.69, 9.17) is 9.47 Å². The maximum atomic E-state index is 12.8. The first-order valence-electron chi connectivity index (χ1n) is 7.60. The van der Waals surface area contributed by atoms with E-state index in [0.717, 1.165) is 25.7 Å². The second kappa shape index (κ2) is 6.87. The predicted octanol–water partition coefficient (Wildman–Crippen LogP) is 2.90. The molecule has 0 aliphatic heterocycles. The molecule has 0 atom stereocenters. The highest BCUT2D eigenvalue weighted by Gasteiger charge is 2.31. The average molecular weight is 327 g/mol. The largest absolute Gasteiger partial charge is 0.493 e. The number of ether oxygens (including phenoxy) is 2. The van der Waals surface area contributed by atoms with Crippen molar-refractivity contribution in [2.45, 2.75) is 43.5 Å². The van der Waals surface area contributed by atoms with Crippen molar-refractivity contribution in [2.75, 3.05) is 21.3 Å². The third-order valence-electron chi connectivity index (χ3n) is 4.53. The van der Waals surface area contributed by atoms with Crippen molar-refractivity contribution in [3.05, 3.63) is 18.2 Å². The molecule has 5 nitrogen and oxygen atoms in total. The molecule has 1 saturated carbocycles. The van der Waals surface area contributed by atoms with E-state index in [2.05, 4.69) is 6.92 Å². The van der Waals surface area contributed by atoms with Crippen LogP contribution in [-0.4, -0.2) is 40.0 Å². The van der Waals surface area contributed by atoms with Gasteiger partial charge in [-0.05, 0) is 43.7 Å². The molecule has 1 fully saturated rings. The Bertz CT molecular complexity index is 607. The average Bonchev–Trinajstić information content (AvgIpc) is 2.54. The van der Waals surface area contributed by atoms with Crippen LogP contribution in [0.25, 0.3) is 0 Å². The Morgan fingerprint density at radius 3 is 2.18 bits per heavy atom. The first kappa shape index (κ1) is 17.1. The lowest BCUT2D eigenvalue weighted by molar-refractivity contribution is 0.246. The van der Waals surface area contributed by atoms with Crippen LogP contribution in [-0.2, 0) is 10.0 Å². The van der Waals surface area contributed by atoms with Crippen LogP contribution in [0.15, 0.2) is 23.1 Å². The van der Waals surface area contributed by atoms with Gasteiger partial charge in [-0.15, -0.1) is 0 Å². The molecular weight excluding hydrogens is 302 g/mol. The normalized spacial score (nSPS) is 22.6. The Balaban J connectivity index is 2.26. The van der Waals surface area contributed by atoms with Gasteiger partial charge >= 0.3 is 0 Å². The van der Waals surface area contributed by atoms with Gasteiger partial charge in [-0.2, -0.15) is 4.31 Å². The second-order valence-electron chi connectivity index (χ2n) is 5.95. The number of hydrogen-bond donors (Lipinski definition) is 0. The molecule has 0 N–H and O–H groups in total. The van der Waals surface area contributed by atoms with Crippen LogP contribution in [0.5, 0.6) is 11.5 Å². The zero-order chi connectivity index (χ0) is 16.3. The quantitative estimate of drug-likeness (QED) is 0.834. The maximum Gasteiger partial charge on any atom is 0.243 e. The van der Waals surface area contributed by atoms with Crippen molar-refractivity contribution >= 4 is 10.0 Å². The number of hydrogen-bond acceptors (Lipinski definition) is 4. The molecular formula is C16H25NO4S. The lowest BCUT2D eigenvalue weighted by atomic mass is 9.87. The highest BCUT2D eigenvalue weighted by Crippen LogP contribution is 2.33. The van der Waals surface area contributed by atoms with Crippen LogP contribution < -0.4 is 9.47 Å². The SMILES string of the molecule is COc1ccc(S(=O)(=O)N(C)C2CCC(C)CC2)cc1OC. The number of sulfonamides is 1. The molecule has 0 spiro atoms. The number of rotatable bonds is 5. The molecule has 22 heavy (non-hydrogen) atoms. The Morgan fingerprint density at radius 2 is 1.64 bits per heavy atom. The summed E-state index contributed by atoms with van der Waals surface area (Å²) in [7, 11) is 1.19. The zero-order valence-electron chi connectivity index (χ0n) is 13.7. The number of methoxy groups -OCH3 is 2. The van der Waals surface area contributed by atoms with E-state index in [-0.39, 0.29) is 10.9 Å². The molecule has 124 valence electrons. The Labute approximate surface area is 133 Å². The summed E-state index contributed by atoms with van der Waals surface area (Å²) in [5, 5.41) is 0. The van der Waals surface area contributed by atoms with Gasteiger partial charge in [0.25, 0.3) is 0 Å². The standard InChI is InChI=1S/C16H25NO4S/c1-12-5-7-13(8-6-12)17(2)22(18,19)14-9-10-15(20-3)16(11-14)21-4/h9-13H,5-8H2,1-4H3. The van der Waals surface area contributed by atoms with E-state index >= 15 is 0 Å². The molecule has 1 aromatic carbocycles. The first-order chi connectivity index (χ1) is 10.4. The predicted molar refractivity (Wildman–Crippen MR) is 85.9 cm³/mol. The summed E-state index contributed by atoms with van der Waals surface area (Å²) in [6.45, 7) is 2.22. The van der Waals surface area contributed by atoms with E-state index in [1.807, 2.05) is 0 Å². The lowest BCUT2D eigenvalue weighted by Gasteiger charge is -2.32. The molecule has 0 unspecified atom stereocenters. The highest BCUT2D eigenvalue weighted by molar-refractivity contribution is 7.89. The Kier molecular flexibility index (Phi) is 5.34. The third kappa shape index (κ3) is 3.38. The minimum absolute atomic E-state index is 0.0781.